The van der Waals surface area contributed by atoms with Gasteiger partial charge in [-0.05, 0) is 25.9 Å². The third-order valence-corrected chi connectivity index (χ3v) is 2.35. The van der Waals surface area contributed by atoms with Crippen LogP contribution in [0.3, 0.4) is 0 Å². The second-order valence-corrected chi connectivity index (χ2v) is 3.26. The van der Waals surface area contributed by atoms with Crippen molar-refractivity contribution in [3.8, 4) is 6.07 Å². The first-order valence-electron chi connectivity index (χ1n) is 4.45. The molecule has 0 unspecified atom stereocenters. The number of ether oxygens (including phenoxy) is 1. The topological polar surface area (TPSA) is 53.3 Å². The Labute approximate surface area is 78.1 Å². The van der Waals surface area contributed by atoms with Gasteiger partial charge in [0.05, 0.1) is 19.7 Å². The average molecular weight is 182 g/mol. The van der Waals surface area contributed by atoms with Gasteiger partial charge in [-0.1, -0.05) is 0 Å². The fraction of sp³-hybridized carbons (Fsp3) is 0.778. The van der Waals surface area contributed by atoms with Crippen molar-refractivity contribution in [2.45, 2.75) is 12.8 Å². The van der Waals surface area contributed by atoms with Crippen LogP contribution in [0.5, 0.6) is 0 Å². The van der Waals surface area contributed by atoms with Gasteiger partial charge in [0.1, 0.15) is 0 Å². The van der Waals surface area contributed by atoms with Crippen LogP contribution in [0, 0.1) is 17.2 Å². The largest absolute Gasteiger partial charge is 0.468 e. The highest BCUT2D eigenvalue weighted by atomic mass is 16.5. The number of rotatable bonds is 2. The molecule has 72 valence electrons. The van der Waals surface area contributed by atoms with Gasteiger partial charge in [-0.15, -0.1) is 0 Å². The van der Waals surface area contributed by atoms with E-state index in [0.717, 1.165) is 25.9 Å². The Morgan fingerprint density at radius 3 is 2.69 bits per heavy atom. The highest BCUT2D eigenvalue weighted by Gasteiger charge is 2.20. The molecule has 1 aliphatic heterocycles. The van der Waals surface area contributed by atoms with Crippen molar-refractivity contribution in [1.82, 2.24) is 4.90 Å². The van der Waals surface area contributed by atoms with Gasteiger partial charge in [-0.3, -0.25) is 9.69 Å². The van der Waals surface area contributed by atoms with Gasteiger partial charge in [0.2, 0.25) is 0 Å². The lowest BCUT2D eigenvalue weighted by Gasteiger charge is -2.27. The van der Waals surface area contributed by atoms with Crippen LogP contribution in [0.4, 0.5) is 0 Å². The molecule has 1 heterocycles. The van der Waals surface area contributed by atoms with E-state index < -0.39 is 0 Å². The van der Waals surface area contributed by atoms with Gasteiger partial charge >= 0.3 is 5.97 Å². The number of methoxy groups -OCH3 is 1. The summed E-state index contributed by atoms with van der Waals surface area (Å²) in [4.78, 5) is 12.9. The molecule has 0 aromatic rings. The molecule has 0 aromatic heterocycles. The summed E-state index contributed by atoms with van der Waals surface area (Å²) in [5.41, 5.74) is 0. The van der Waals surface area contributed by atoms with Crippen molar-refractivity contribution in [3.63, 3.8) is 0 Å². The van der Waals surface area contributed by atoms with Crippen molar-refractivity contribution in [2.75, 3.05) is 26.7 Å². The van der Waals surface area contributed by atoms with Crippen LogP contribution in [0.25, 0.3) is 0 Å². The maximum absolute atomic E-state index is 10.9. The molecule has 1 saturated heterocycles. The van der Waals surface area contributed by atoms with Gasteiger partial charge in [0.15, 0.2) is 0 Å². The van der Waals surface area contributed by atoms with Gasteiger partial charge in [0.25, 0.3) is 0 Å². The molecule has 0 spiro atoms. The first-order valence-corrected chi connectivity index (χ1v) is 4.45. The highest BCUT2D eigenvalue weighted by Crippen LogP contribution is 2.15. The monoisotopic (exact) mass is 182 g/mol. The predicted molar refractivity (Wildman–Crippen MR) is 46.8 cm³/mol. The van der Waals surface area contributed by atoms with Crippen LogP contribution in [-0.2, 0) is 9.53 Å². The maximum Gasteiger partial charge on any atom is 0.319 e. The predicted octanol–water partition coefficient (Wildman–Crippen LogP) is 0.395. The Hall–Kier alpha value is -1.08. The van der Waals surface area contributed by atoms with E-state index in [1.54, 1.807) is 0 Å². The molecule has 13 heavy (non-hydrogen) atoms. The van der Waals surface area contributed by atoms with Crippen LogP contribution in [0.1, 0.15) is 12.8 Å². The fourth-order valence-electron chi connectivity index (χ4n) is 1.47. The zero-order chi connectivity index (χ0) is 9.68. The zero-order valence-corrected chi connectivity index (χ0v) is 7.82. The van der Waals surface area contributed by atoms with E-state index in [0.29, 0.717) is 6.54 Å². The molecule has 0 saturated carbocycles. The van der Waals surface area contributed by atoms with Crippen molar-refractivity contribution in [1.29, 1.82) is 5.26 Å². The first kappa shape index (κ1) is 10.0. The fourth-order valence-corrected chi connectivity index (χ4v) is 1.47. The summed E-state index contributed by atoms with van der Waals surface area (Å²) in [5.74, 6) is -0.0238. The summed E-state index contributed by atoms with van der Waals surface area (Å²) in [7, 11) is 1.39. The summed E-state index contributed by atoms with van der Waals surface area (Å²) >= 11 is 0. The number of carbonyl (C=O) groups excluding carboxylic acids is 1. The minimum absolute atomic E-state index is 0.175. The number of nitrogens with zero attached hydrogens (tertiary/aromatic N) is 2. The number of hydrogen-bond acceptors (Lipinski definition) is 4. The summed E-state index contributed by atoms with van der Waals surface area (Å²) in [6, 6.07) is 2.25. The SMILES string of the molecule is COC(=O)CN1CCC(C#N)CC1. The molecular formula is C9H14N2O2. The minimum Gasteiger partial charge on any atom is -0.468 e. The molecule has 1 rings (SSSR count). The third-order valence-electron chi connectivity index (χ3n) is 2.35. The number of carbonyl (C=O) groups is 1. The quantitative estimate of drug-likeness (QED) is 0.580. The van der Waals surface area contributed by atoms with Crippen LogP contribution in [-0.4, -0.2) is 37.6 Å². The van der Waals surface area contributed by atoms with Gasteiger partial charge in [0, 0.05) is 5.92 Å². The number of nitriles is 1. The molecule has 4 nitrogen and oxygen atoms in total. The zero-order valence-electron chi connectivity index (χ0n) is 7.82. The molecule has 1 fully saturated rings. The van der Waals surface area contributed by atoms with Gasteiger partial charge < -0.3 is 4.74 Å². The maximum atomic E-state index is 10.9. The summed E-state index contributed by atoms with van der Waals surface area (Å²) in [6.45, 7) is 2.01. The lowest BCUT2D eigenvalue weighted by Crippen LogP contribution is -2.37. The summed E-state index contributed by atoms with van der Waals surface area (Å²) in [6.07, 6.45) is 1.74. The van der Waals surface area contributed by atoms with E-state index in [9.17, 15) is 4.79 Å². The van der Waals surface area contributed by atoms with E-state index in [-0.39, 0.29) is 11.9 Å². The van der Waals surface area contributed by atoms with E-state index in [1.165, 1.54) is 7.11 Å². The second kappa shape index (κ2) is 4.83. The number of hydrogen-bond donors (Lipinski definition) is 0. The van der Waals surface area contributed by atoms with Crippen LogP contribution in [0.2, 0.25) is 0 Å². The van der Waals surface area contributed by atoms with E-state index in [1.807, 2.05) is 4.90 Å². The lowest BCUT2D eigenvalue weighted by molar-refractivity contribution is -0.142. The van der Waals surface area contributed by atoms with E-state index in [2.05, 4.69) is 10.8 Å². The van der Waals surface area contributed by atoms with Gasteiger partial charge in [-0.25, -0.2) is 0 Å². The molecular weight excluding hydrogens is 168 g/mol. The number of esters is 1. The molecule has 4 heteroatoms. The Bertz CT molecular complexity index is 214. The molecule has 0 amide bonds. The lowest BCUT2D eigenvalue weighted by atomic mass is 9.99. The molecule has 0 bridgehead atoms. The molecule has 0 radical (unpaired) electrons. The third kappa shape index (κ3) is 3.03. The normalized spacial score (nSPS) is 19.4. The Morgan fingerprint density at radius 1 is 1.62 bits per heavy atom. The van der Waals surface area contributed by atoms with E-state index in [4.69, 9.17) is 5.26 Å². The highest BCUT2D eigenvalue weighted by molar-refractivity contribution is 5.71. The number of piperidine rings is 1. The van der Waals surface area contributed by atoms with Crippen LogP contribution >= 0.6 is 0 Å². The molecule has 1 aliphatic rings. The van der Waals surface area contributed by atoms with Gasteiger partial charge in [-0.2, -0.15) is 5.26 Å². The second-order valence-electron chi connectivity index (χ2n) is 3.26. The van der Waals surface area contributed by atoms with Crippen molar-refractivity contribution in [3.05, 3.63) is 0 Å². The Morgan fingerprint density at radius 2 is 2.23 bits per heavy atom. The van der Waals surface area contributed by atoms with E-state index >= 15 is 0 Å². The smallest absolute Gasteiger partial charge is 0.319 e. The Balaban J connectivity index is 2.26. The van der Waals surface area contributed by atoms with Crippen molar-refractivity contribution >= 4 is 5.97 Å². The van der Waals surface area contributed by atoms with Crippen LogP contribution < -0.4 is 0 Å². The van der Waals surface area contributed by atoms with Crippen molar-refractivity contribution < 1.29 is 9.53 Å². The van der Waals surface area contributed by atoms with Crippen LogP contribution in [0.15, 0.2) is 0 Å². The number of likely N-dealkylation sites (tertiary alicyclic amines) is 1. The molecule has 0 aromatic carbocycles. The van der Waals surface area contributed by atoms with Crippen molar-refractivity contribution in [2.24, 2.45) is 5.92 Å². The first-order chi connectivity index (χ1) is 6.26. The average Bonchev–Trinajstić information content (AvgIpc) is 2.19. The summed E-state index contributed by atoms with van der Waals surface area (Å²) in [5, 5.41) is 8.65. The minimum atomic E-state index is -0.199. The molecule has 0 aliphatic carbocycles. The molecule has 0 atom stereocenters. The Kier molecular flexibility index (Phi) is 3.71. The summed E-state index contributed by atoms with van der Waals surface area (Å²) < 4.78 is 4.56. The molecule has 0 N–H and O–H groups in total. The standard InChI is InChI=1S/C9H14N2O2/c1-13-9(12)7-11-4-2-8(6-10)3-5-11/h8H,2-5,7H2,1H3.